The summed E-state index contributed by atoms with van der Waals surface area (Å²) in [5.74, 6) is 1.27. The Hall–Kier alpha value is -2.04. The van der Waals surface area contributed by atoms with E-state index in [9.17, 15) is 0 Å². The SMILES string of the molecule is Cc1nn(C)c(C)c1Oc1ccc(N)cn1. The first-order valence-corrected chi connectivity index (χ1v) is 4.97. The summed E-state index contributed by atoms with van der Waals surface area (Å²) in [5.41, 5.74) is 7.98. The van der Waals surface area contributed by atoms with Crippen molar-refractivity contribution in [1.82, 2.24) is 14.8 Å². The molecule has 0 unspecified atom stereocenters. The molecule has 0 atom stereocenters. The Kier molecular flexibility index (Phi) is 2.52. The van der Waals surface area contributed by atoms with E-state index in [1.54, 1.807) is 23.0 Å². The highest BCUT2D eigenvalue weighted by Crippen LogP contribution is 2.26. The summed E-state index contributed by atoms with van der Waals surface area (Å²) in [4.78, 5) is 4.08. The van der Waals surface area contributed by atoms with Gasteiger partial charge in [0.2, 0.25) is 5.88 Å². The van der Waals surface area contributed by atoms with Crippen LogP contribution in [0.15, 0.2) is 18.3 Å². The number of hydrogen-bond donors (Lipinski definition) is 1. The number of nitrogens with two attached hydrogens (primary N) is 1. The molecule has 2 rings (SSSR count). The maximum atomic E-state index is 5.67. The summed E-state index contributed by atoms with van der Waals surface area (Å²) in [6.45, 7) is 3.85. The van der Waals surface area contributed by atoms with E-state index in [-0.39, 0.29) is 0 Å². The van der Waals surface area contributed by atoms with Gasteiger partial charge in [-0.25, -0.2) is 4.98 Å². The predicted octanol–water partition coefficient (Wildman–Crippen LogP) is 1.81. The van der Waals surface area contributed by atoms with Crippen molar-refractivity contribution in [3.8, 4) is 11.6 Å². The van der Waals surface area contributed by atoms with Gasteiger partial charge in [0.25, 0.3) is 0 Å². The van der Waals surface area contributed by atoms with Gasteiger partial charge in [0.1, 0.15) is 5.69 Å². The van der Waals surface area contributed by atoms with E-state index in [1.807, 2.05) is 20.9 Å². The monoisotopic (exact) mass is 218 g/mol. The van der Waals surface area contributed by atoms with Crippen LogP contribution in [0.5, 0.6) is 11.6 Å². The molecule has 5 nitrogen and oxygen atoms in total. The second kappa shape index (κ2) is 3.84. The molecule has 0 aliphatic carbocycles. The second-order valence-electron chi connectivity index (χ2n) is 3.66. The van der Waals surface area contributed by atoms with Crippen molar-refractivity contribution in [1.29, 1.82) is 0 Å². The Morgan fingerprint density at radius 2 is 2.06 bits per heavy atom. The number of ether oxygens (including phenoxy) is 1. The van der Waals surface area contributed by atoms with Crippen molar-refractivity contribution < 1.29 is 4.74 Å². The third kappa shape index (κ3) is 1.84. The second-order valence-corrected chi connectivity index (χ2v) is 3.66. The molecule has 84 valence electrons. The molecular weight excluding hydrogens is 204 g/mol. The molecule has 0 saturated carbocycles. The van der Waals surface area contributed by atoms with Crippen LogP contribution in [0.2, 0.25) is 0 Å². The molecule has 0 bridgehead atoms. The van der Waals surface area contributed by atoms with E-state index in [4.69, 9.17) is 10.5 Å². The summed E-state index contributed by atoms with van der Waals surface area (Å²) in [7, 11) is 1.88. The minimum absolute atomic E-state index is 0.522. The van der Waals surface area contributed by atoms with E-state index in [2.05, 4.69) is 10.1 Å². The third-order valence-corrected chi connectivity index (χ3v) is 2.41. The van der Waals surface area contributed by atoms with Gasteiger partial charge in [-0.05, 0) is 19.9 Å². The summed E-state index contributed by atoms with van der Waals surface area (Å²) in [6, 6.07) is 3.49. The van der Waals surface area contributed by atoms with Gasteiger partial charge < -0.3 is 10.5 Å². The average molecular weight is 218 g/mol. The predicted molar refractivity (Wildman–Crippen MR) is 61.4 cm³/mol. The molecule has 0 spiro atoms. The van der Waals surface area contributed by atoms with Gasteiger partial charge in [-0.1, -0.05) is 0 Å². The zero-order valence-corrected chi connectivity index (χ0v) is 9.56. The van der Waals surface area contributed by atoms with E-state index in [0.717, 1.165) is 17.1 Å². The minimum atomic E-state index is 0.522. The number of rotatable bonds is 2. The first-order valence-electron chi connectivity index (χ1n) is 4.97. The normalized spacial score (nSPS) is 10.4. The highest BCUT2D eigenvalue weighted by molar-refractivity contribution is 5.39. The molecule has 0 fully saturated rings. The molecule has 0 saturated heterocycles. The van der Waals surface area contributed by atoms with Gasteiger partial charge in [0, 0.05) is 13.1 Å². The van der Waals surface area contributed by atoms with E-state index in [0.29, 0.717) is 11.6 Å². The smallest absolute Gasteiger partial charge is 0.219 e. The lowest BCUT2D eigenvalue weighted by Crippen LogP contribution is -1.94. The van der Waals surface area contributed by atoms with Crippen molar-refractivity contribution in [2.45, 2.75) is 13.8 Å². The molecular formula is C11H14N4O. The standard InChI is InChI=1S/C11H14N4O/c1-7-11(8(2)15(3)14-7)16-10-5-4-9(12)6-13-10/h4-6H,12H2,1-3H3. The lowest BCUT2D eigenvalue weighted by atomic mass is 10.3. The molecule has 0 amide bonds. The maximum absolute atomic E-state index is 5.67. The largest absolute Gasteiger partial charge is 0.435 e. The number of aryl methyl sites for hydroxylation is 2. The Morgan fingerprint density at radius 3 is 2.56 bits per heavy atom. The molecule has 2 aromatic rings. The summed E-state index contributed by atoms with van der Waals surface area (Å²) in [5, 5.41) is 4.26. The van der Waals surface area contributed by atoms with Gasteiger partial charge in [0.15, 0.2) is 5.75 Å². The van der Waals surface area contributed by atoms with Crippen LogP contribution < -0.4 is 10.5 Å². The van der Waals surface area contributed by atoms with Gasteiger partial charge in [-0.2, -0.15) is 5.10 Å². The zero-order chi connectivity index (χ0) is 11.7. The van der Waals surface area contributed by atoms with E-state index >= 15 is 0 Å². The first-order chi connectivity index (χ1) is 7.58. The van der Waals surface area contributed by atoms with Crippen molar-refractivity contribution in [2.24, 2.45) is 7.05 Å². The number of anilines is 1. The molecule has 2 aromatic heterocycles. The fourth-order valence-corrected chi connectivity index (χ4v) is 1.46. The van der Waals surface area contributed by atoms with Crippen LogP contribution in [0, 0.1) is 13.8 Å². The number of aromatic nitrogens is 3. The fraction of sp³-hybridized carbons (Fsp3) is 0.273. The van der Waals surface area contributed by atoms with Gasteiger partial charge >= 0.3 is 0 Å². The van der Waals surface area contributed by atoms with E-state index < -0.39 is 0 Å². The van der Waals surface area contributed by atoms with Crippen molar-refractivity contribution in [3.63, 3.8) is 0 Å². The molecule has 5 heteroatoms. The van der Waals surface area contributed by atoms with Crippen LogP contribution >= 0.6 is 0 Å². The van der Waals surface area contributed by atoms with Crippen LogP contribution in [0.4, 0.5) is 5.69 Å². The topological polar surface area (TPSA) is 66.0 Å². The summed E-state index contributed by atoms with van der Waals surface area (Å²) < 4.78 is 7.45. The van der Waals surface area contributed by atoms with Crippen LogP contribution in [-0.2, 0) is 7.05 Å². The first kappa shape index (κ1) is 10.5. The quantitative estimate of drug-likeness (QED) is 0.834. The Morgan fingerprint density at radius 1 is 1.31 bits per heavy atom. The van der Waals surface area contributed by atoms with Crippen LogP contribution in [0.1, 0.15) is 11.4 Å². The number of nitrogen functional groups attached to an aromatic ring is 1. The molecule has 0 aromatic carbocycles. The summed E-state index contributed by atoms with van der Waals surface area (Å²) in [6.07, 6.45) is 1.57. The van der Waals surface area contributed by atoms with Crippen molar-refractivity contribution in [3.05, 3.63) is 29.7 Å². The highest BCUT2D eigenvalue weighted by Gasteiger charge is 2.11. The molecule has 0 aliphatic heterocycles. The van der Waals surface area contributed by atoms with Crippen molar-refractivity contribution >= 4 is 5.69 Å². The summed E-state index contributed by atoms with van der Waals surface area (Å²) >= 11 is 0. The Balaban J connectivity index is 2.30. The van der Waals surface area contributed by atoms with E-state index in [1.165, 1.54) is 0 Å². The molecule has 0 aliphatic rings. The van der Waals surface area contributed by atoms with Crippen LogP contribution in [0.3, 0.4) is 0 Å². The highest BCUT2D eigenvalue weighted by atomic mass is 16.5. The van der Waals surface area contributed by atoms with Gasteiger partial charge in [-0.3, -0.25) is 4.68 Å². The number of hydrogen-bond acceptors (Lipinski definition) is 4. The van der Waals surface area contributed by atoms with Crippen LogP contribution in [-0.4, -0.2) is 14.8 Å². The molecule has 2 N–H and O–H groups in total. The third-order valence-electron chi connectivity index (χ3n) is 2.41. The molecule has 0 radical (unpaired) electrons. The minimum Gasteiger partial charge on any atom is -0.435 e. The number of pyridine rings is 1. The lowest BCUT2D eigenvalue weighted by molar-refractivity contribution is 0.455. The van der Waals surface area contributed by atoms with Gasteiger partial charge in [0.05, 0.1) is 17.6 Å². The van der Waals surface area contributed by atoms with Crippen LogP contribution in [0.25, 0.3) is 0 Å². The lowest BCUT2D eigenvalue weighted by Gasteiger charge is -2.04. The average Bonchev–Trinajstić information content (AvgIpc) is 2.48. The molecule has 2 heterocycles. The number of nitrogens with zero attached hydrogens (tertiary/aromatic N) is 3. The van der Waals surface area contributed by atoms with Gasteiger partial charge in [-0.15, -0.1) is 0 Å². The van der Waals surface area contributed by atoms with Crippen molar-refractivity contribution in [2.75, 3.05) is 5.73 Å². The Bertz CT molecular complexity index is 501. The maximum Gasteiger partial charge on any atom is 0.219 e. The zero-order valence-electron chi connectivity index (χ0n) is 9.56. The Labute approximate surface area is 93.9 Å². The molecule has 16 heavy (non-hydrogen) atoms. The fourth-order valence-electron chi connectivity index (χ4n) is 1.46.